The third kappa shape index (κ3) is 3.86. The molecule has 0 aliphatic rings. The molecule has 1 heterocycles. The molecule has 1 amide bonds. The van der Waals surface area contributed by atoms with E-state index in [0.717, 1.165) is 0 Å². The minimum Gasteiger partial charge on any atom is -0.324 e. The summed E-state index contributed by atoms with van der Waals surface area (Å²) in [6, 6.07) is 16.1. The molecule has 2 aromatic carbocycles. The minimum absolute atomic E-state index is 0.118. The van der Waals surface area contributed by atoms with E-state index >= 15 is 0 Å². The fourth-order valence-electron chi connectivity index (χ4n) is 2.65. The lowest BCUT2D eigenvalue weighted by molar-refractivity contribution is -0.115. The van der Waals surface area contributed by atoms with E-state index in [-0.39, 0.29) is 11.5 Å². The van der Waals surface area contributed by atoms with Crippen molar-refractivity contribution in [2.75, 3.05) is 5.32 Å². The Balaban J connectivity index is 1.87. The number of benzene rings is 2. The highest BCUT2D eigenvalue weighted by atomic mass is 32.2. The van der Waals surface area contributed by atoms with Gasteiger partial charge in [0.05, 0.1) is 27.4 Å². The van der Waals surface area contributed by atoms with Crippen molar-refractivity contribution < 1.29 is 4.79 Å². The second-order valence-electron chi connectivity index (χ2n) is 5.87. The van der Waals surface area contributed by atoms with Crippen molar-refractivity contribution in [3.8, 4) is 6.07 Å². The number of thioether (sulfide) groups is 1. The maximum Gasteiger partial charge on any atom is 0.262 e. The Morgan fingerprint density at radius 2 is 1.96 bits per heavy atom. The van der Waals surface area contributed by atoms with Gasteiger partial charge in [0.25, 0.3) is 5.56 Å². The monoisotopic (exact) mass is 378 g/mol. The molecule has 6 nitrogen and oxygen atoms in total. The molecule has 0 bridgehead atoms. The predicted octanol–water partition coefficient (Wildman–Crippen LogP) is 3.41. The van der Waals surface area contributed by atoms with E-state index in [2.05, 4.69) is 16.4 Å². The first kappa shape index (κ1) is 18.7. The van der Waals surface area contributed by atoms with Gasteiger partial charge < -0.3 is 5.32 Å². The van der Waals surface area contributed by atoms with Crippen molar-refractivity contribution in [3.63, 3.8) is 0 Å². The molecule has 0 radical (unpaired) electrons. The second-order valence-corrected chi connectivity index (χ2v) is 7.18. The van der Waals surface area contributed by atoms with Gasteiger partial charge in [-0.25, -0.2) is 4.98 Å². The third-order valence-electron chi connectivity index (χ3n) is 4.10. The molecule has 0 aliphatic carbocycles. The number of carbonyl (C=O) groups excluding carboxylic acids is 1. The van der Waals surface area contributed by atoms with Crippen molar-refractivity contribution in [1.82, 2.24) is 9.55 Å². The van der Waals surface area contributed by atoms with Crippen LogP contribution in [0.15, 0.2) is 58.5 Å². The van der Waals surface area contributed by atoms with Crippen LogP contribution in [0.3, 0.4) is 0 Å². The maximum atomic E-state index is 12.7. The van der Waals surface area contributed by atoms with Crippen molar-refractivity contribution in [2.24, 2.45) is 0 Å². The summed E-state index contributed by atoms with van der Waals surface area (Å²) >= 11 is 1.22. The van der Waals surface area contributed by atoms with E-state index in [1.165, 1.54) is 11.8 Å². The second kappa shape index (κ2) is 8.06. The molecule has 1 aromatic heterocycles. The molecule has 1 atom stereocenters. The van der Waals surface area contributed by atoms with Gasteiger partial charge >= 0.3 is 0 Å². The van der Waals surface area contributed by atoms with Crippen LogP contribution >= 0.6 is 11.8 Å². The van der Waals surface area contributed by atoms with Crippen molar-refractivity contribution in [2.45, 2.75) is 30.8 Å². The molecule has 0 spiro atoms. The van der Waals surface area contributed by atoms with Crippen LogP contribution in [0.25, 0.3) is 10.9 Å². The fourth-order valence-corrected chi connectivity index (χ4v) is 3.62. The Morgan fingerprint density at radius 1 is 1.26 bits per heavy atom. The van der Waals surface area contributed by atoms with Gasteiger partial charge in [-0.2, -0.15) is 5.26 Å². The number of nitrogens with zero attached hydrogens (tertiary/aromatic N) is 3. The number of nitriles is 1. The molecule has 27 heavy (non-hydrogen) atoms. The average molecular weight is 378 g/mol. The van der Waals surface area contributed by atoms with Gasteiger partial charge in [-0.05, 0) is 38.1 Å². The summed E-state index contributed by atoms with van der Waals surface area (Å²) in [6.45, 7) is 4.08. The van der Waals surface area contributed by atoms with Gasteiger partial charge in [0.2, 0.25) is 5.91 Å². The molecule has 7 heteroatoms. The van der Waals surface area contributed by atoms with Crippen molar-refractivity contribution >= 4 is 34.3 Å². The van der Waals surface area contributed by atoms with Crippen LogP contribution in [0.4, 0.5) is 5.69 Å². The van der Waals surface area contributed by atoms with E-state index in [1.807, 2.05) is 13.0 Å². The Hall–Kier alpha value is -3.11. The lowest BCUT2D eigenvalue weighted by Gasteiger charge is -2.15. The first-order valence-electron chi connectivity index (χ1n) is 8.51. The Labute approximate surface area is 160 Å². The first-order valence-corrected chi connectivity index (χ1v) is 9.39. The number of carbonyl (C=O) groups is 1. The van der Waals surface area contributed by atoms with Gasteiger partial charge in [0.1, 0.15) is 6.07 Å². The van der Waals surface area contributed by atoms with E-state index < -0.39 is 5.25 Å². The van der Waals surface area contributed by atoms with Crippen LogP contribution in [0.2, 0.25) is 0 Å². The van der Waals surface area contributed by atoms with Crippen LogP contribution < -0.4 is 10.9 Å². The maximum absolute atomic E-state index is 12.7. The summed E-state index contributed by atoms with van der Waals surface area (Å²) in [4.78, 5) is 29.8. The number of para-hydroxylation sites is 2. The third-order valence-corrected chi connectivity index (χ3v) is 5.19. The molecule has 0 fully saturated rings. The molecule has 0 unspecified atom stereocenters. The van der Waals surface area contributed by atoms with Crippen molar-refractivity contribution in [1.29, 1.82) is 5.26 Å². The number of aromatic nitrogens is 2. The van der Waals surface area contributed by atoms with E-state index in [1.54, 1.807) is 54.0 Å². The number of anilines is 1. The lowest BCUT2D eigenvalue weighted by Crippen LogP contribution is -2.26. The standard InChI is InChI=1S/C20H18N4O2S/c1-3-24-19(26)15-9-5-7-11-17(15)23-20(24)27-13(2)18(25)22-16-10-6-4-8-14(16)12-21/h4-11,13H,3H2,1-2H3,(H,22,25)/t13-/m0/s1. The number of rotatable bonds is 5. The van der Waals surface area contributed by atoms with Crippen LogP contribution in [-0.2, 0) is 11.3 Å². The molecule has 136 valence electrons. The predicted molar refractivity (Wildman–Crippen MR) is 107 cm³/mol. The molecule has 3 rings (SSSR count). The molecular formula is C20H18N4O2S. The zero-order chi connectivity index (χ0) is 19.4. The summed E-state index contributed by atoms with van der Waals surface area (Å²) in [5, 5.41) is 12.5. The topological polar surface area (TPSA) is 87.8 Å². The minimum atomic E-state index is -0.498. The van der Waals surface area contributed by atoms with Crippen molar-refractivity contribution in [3.05, 3.63) is 64.4 Å². The number of hydrogen-bond acceptors (Lipinski definition) is 5. The Morgan fingerprint density at radius 3 is 2.70 bits per heavy atom. The summed E-state index contributed by atoms with van der Waals surface area (Å²) in [7, 11) is 0. The quantitative estimate of drug-likeness (QED) is 0.543. The molecule has 3 aromatic rings. The van der Waals surface area contributed by atoms with Gasteiger partial charge in [-0.3, -0.25) is 14.2 Å². The number of hydrogen-bond donors (Lipinski definition) is 1. The van der Waals surface area contributed by atoms with Crippen LogP contribution in [0.5, 0.6) is 0 Å². The molecular weight excluding hydrogens is 360 g/mol. The van der Waals surface area contributed by atoms with E-state index in [4.69, 9.17) is 5.26 Å². The normalized spacial score (nSPS) is 11.7. The first-order chi connectivity index (χ1) is 13.0. The SMILES string of the molecule is CCn1c(S[C@@H](C)C(=O)Nc2ccccc2C#N)nc2ccccc2c1=O. The van der Waals surface area contributed by atoms with E-state index in [9.17, 15) is 9.59 Å². The highest BCUT2D eigenvalue weighted by Crippen LogP contribution is 2.24. The Kier molecular flexibility index (Phi) is 5.57. The number of fused-ring (bicyclic) bond motifs is 1. The van der Waals surface area contributed by atoms with Crippen LogP contribution in [0.1, 0.15) is 19.4 Å². The van der Waals surface area contributed by atoms with Gasteiger partial charge in [0, 0.05) is 6.54 Å². The summed E-state index contributed by atoms with van der Waals surface area (Å²) in [5.74, 6) is -0.257. The molecule has 0 saturated heterocycles. The average Bonchev–Trinajstić information content (AvgIpc) is 2.68. The van der Waals surface area contributed by atoms with Gasteiger partial charge in [0.15, 0.2) is 5.16 Å². The molecule has 0 aliphatic heterocycles. The summed E-state index contributed by atoms with van der Waals surface area (Å²) < 4.78 is 1.57. The zero-order valence-electron chi connectivity index (χ0n) is 15.0. The summed E-state index contributed by atoms with van der Waals surface area (Å²) in [6.07, 6.45) is 0. The highest BCUT2D eigenvalue weighted by molar-refractivity contribution is 8.00. The lowest BCUT2D eigenvalue weighted by atomic mass is 10.2. The Bertz CT molecular complexity index is 1100. The van der Waals surface area contributed by atoms with Crippen LogP contribution in [0, 0.1) is 11.3 Å². The smallest absolute Gasteiger partial charge is 0.262 e. The molecule has 1 N–H and O–H groups in total. The highest BCUT2D eigenvalue weighted by Gasteiger charge is 2.19. The largest absolute Gasteiger partial charge is 0.324 e. The van der Waals surface area contributed by atoms with E-state index in [0.29, 0.717) is 33.9 Å². The zero-order valence-corrected chi connectivity index (χ0v) is 15.8. The number of amides is 1. The molecule has 0 saturated carbocycles. The van der Waals surface area contributed by atoms with Gasteiger partial charge in [-0.1, -0.05) is 36.0 Å². The summed E-state index contributed by atoms with van der Waals surface area (Å²) in [5.41, 5.74) is 1.36. The fraction of sp³-hybridized carbons (Fsp3) is 0.200. The van der Waals surface area contributed by atoms with Gasteiger partial charge in [-0.15, -0.1) is 0 Å². The van der Waals surface area contributed by atoms with Crippen LogP contribution in [-0.4, -0.2) is 20.7 Å². The number of nitrogens with one attached hydrogen (secondary N) is 1.